The smallest absolute Gasteiger partial charge is 0.439 e. The van der Waals surface area contributed by atoms with E-state index < -0.39 is 23.0 Å². The maximum Gasteiger partial charge on any atom is 0.439 e. The number of carboxylic acid groups (broad SMARTS) is 1. The van der Waals surface area contributed by atoms with Crippen LogP contribution in [-0.2, 0) is 13.6 Å². The highest BCUT2D eigenvalue weighted by Gasteiger charge is 2.14. The number of aromatic carboxylic acids is 1. The van der Waals surface area contributed by atoms with Gasteiger partial charge in [0, 0.05) is 12.6 Å². The average molecular weight is 394 g/mol. The molecule has 2 aromatic carbocycles. The first-order valence-corrected chi connectivity index (χ1v) is 8.47. The van der Waals surface area contributed by atoms with Crippen molar-refractivity contribution in [3.8, 4) is 11.4 Å². The average Bonchev–Trinajstić information content (AvgIpc) is 3.16. The predicted octanol–water partition coefficient (Wildman–Crippen LogP) is 0.790. The first-order chi connectivity index (χ1) is 13.8. The molecule has 0 fully saturated rings. The van der Waals surface area contributed by atoms with E-state index in [0.717, 1.165) is 4.57 Å². The van der Waals surface area contributed by atoms with Crippen molar-refractivity contribution in [2.75, 3.05) is 0 Å². The van der Waals surface area contributed by atoms with Crippen LogP contribution in [0.5, 0.6) is 0 Å². The molecule has 0 atom stereocenters. The fourth-order valence-corrected chi connectivity index (χ4v) is 3.09. The van der Waals surface area contributed by atoms with E-state index in [-0.39, 0.29) is 23.3 Å². The van der Waals surface area contributed by atoms with Gasteiger partial charge in [0.05, 0.1) is 23.0 Å². The summed E-state index contributed by atoms with van der Waals surface area (Å²) in [7, 11) is 1.52. The van der Waals surface area contributed by atoms with E-state index in [1.807, 2.05) is 0 Å². The number of nitrogens with one attached hydrogen (secondary N) is 1. The second-order valence-corrected chi connectivity index (χ2v) is 6.41. The van der Waals surface area contributed by atoms with Gasteiger partial charge in [-0.25, -0.2) is 14.4 Å². The maximum atomic E-state index is 12.9. The monoisotopic (exact) mass is 394 g/mol. The molecule has 0 radical (unpaired) electrons. The molecule has 0 amide bonds. The lowest BCUT2D eigenvalue weighted by molar-refractivity contribution is 0.0697. The largest absolute Gasteiger partial charge is 0.478 e. The second-order valence-electron chi connectivity index (χ2n) is 6.41. The molecule has 0 saturated heterocycles. The Balaban J connectivity index is 1.77. The Morgan fingerprint density at radius 2 is 1.86 bits per heavy atom. The van der Waals surface area contributed by atoms with E-state index in [2.05, 4.69) is 14.7 Å². The minimum Gasteiger partial charge on any atom is -0.478 e. The van der Waals surface area contributed by atoms with Gasteiger partial charge in [-0.2, -0.15) is 0 Å². The van der Waals surface area contributed by atoms with Gasteiger partial charge in [-0.1, -0.05) is 29.4 Å². The van der Waals surface area contributed by atoms with Gasteiger partial charge in [0.1, 0.15) is 0 Å². The van der Waals surface area contributed by atoms with E-state index >= 15 is 0 Å². The number of rotatable bonds is 4. The zero-order valence-corrected chi connectivity index (χ0v) is 15.1. The van der Waals surface area contributed by atoms with Crippen LogP contribution in [0.25, 0.3) is 22.3 Å². The number of carboxylic acids is 1. The fraction of sp³-hybridized carbons (Fsp3) is 0.105. The number of hydrogen-bond donors (Lipinski definition) is 2. The molecule has 0 bridgehead atoms. The van der Waals surface area contributed by atoms with Crippen molar-refractivity contribution < 1.29 is 14.4 Å². The summed E-state index contributed by atoms with van der Waals surface area (Å²) in [6, 6.07) is 10.8. The lowest BCUT2D eigenvalue weighted by Gasteiger charge is -2.11. The third kappa shape index (κ3) is 3.16. The Labute approximate surface area is 161 Å². The molecule has 4 aromatic rings. The van der Waals surface area contributed by atoms with Crippen molar-refractivity contribution in [1.82, 2.24) is 19.3 Å². The number of nitrogens with zero attached hydrogens (tertiary/aromatic N) is 3. The van der Waals surface area contributed by atoms with Crippen LogP contribution in [0.1, 0.15) is 15.9 Å². The molecule has 2 N–H and O–H groups in total. The minimum absolute atomic E-state index is 0.00559. The molecule has 0 unspecified atom stereocenters. The van der Waals surface area contributed by atoms with Gasteiger partial charge in [0.15, 0.2) is 5.82 Å². The number of benzene rings is 2. The highest BCUT2D eigenvalue weighted by atomic mass is 16.5. The fourth-order valence-electron chi connectivity index (χ4n) is 3.09. The number of carbonyl (C=O) groups is 1. The zero-order valence-electron chi connectivity index (χ0n) is 15.1. The van der Waals surface area contributed by atoms with Gasteiger partial charge in [-0.05, 0) is 23.8 Å². The van der Waals surface area contributed by atoms with E-state index in [1.165, 1.54) is 29.8 Å². The van der Waals surface area contributed by atoms with Gasteiger partial charge in [0.2, 0.25) is 0 Å². The van der Waals surface area contributed by atoms with Crippen molar-refractivity contribution in [1.29, 1.82) is 0 Å². The van der Waals surface area contributed by atoms with Crippen LogP contribution in [0.4, 0.5) is 0 Å². The molecule has 0 saturated carbocycles. The van der Waals surface area contributed by atoms with Gasteiger partial charge < -0.3 is 5.11 Å². The minimum atomic E-state index is -1.16. The summed E-state index contributed by atoms with van der Waals surface area (Å²) in [5.41, 5.74) is 0.487. The van der Waals surface area contributed by atoms with Crippen LogP contribution >= 0.6 is 0 Å². The molecule has 0 spiro atoms. The summed E-state index contributed by atoms with van der Waals surface area (Å²) in [4.78, 5) is 50.2. The number of aromatic nitrogens is 4. The Hall–Kier alpha value is -4.21. The van der Waals surface area contributed by atoms with Gasteiger partial charge >= 0.3 is 17.4 Å². The molecule has 0 aliphatic heterocycles. The summed E-state index contributed by atoms with van der Waals surface area (Å²) in [5.74, 6) is -1.56. The molecule has 4 rings (SSSR count). The summed E-state index contributed by atoms with van der Waals surface area (Å²) >= 11 is 0. The van der Waals surface area contributed by atoms with Crippen LogP contribution in [0.2, 0.25) is 0 Å². The summed E-state index contributed by atoms with van der Waals surface area (Å²) in [5, 5.41) is 12.9. The summed E-state index contributed by atoms with van der Waals surface area (Å²) in [6.45, 7) is -0.00559. The SMILES string of the molecule is Cn1c(=O)n(Cc2ccc(-c3noc(=O)[nH]3)cc2)c(=O)c2cc(C(=O)O)ccc21. The van der Waals surface area contributed by atoms with Gasteiger partial charge in [-0.3, -0.25) is 23.4 Å². The Bertz CT molecular complexity index is 1420. The molecule has 0 aliphatic rings. The second kappa shape index (κ2) is 6.75. The van der Waals surface area contributed by atoms with Crippen molar-refractivity contribution in [3.63, 3.8) is 0 Å². The van der Waals surface area contributed by atoms with Crippen LogP contribution < -0.4 is 17.0 Å². The number of aryl methyl sites for hydroxylation is 1. The molecular weight excluding hydrogens is 380 g/mol. The van der Waals surface area contributed by atoms with E-state index in [9.17, 15) is 24.3 Å². The third-order valence-corrected chi connectivity index (χ3v) is 4.61. The Morgan fingerprint density at radius 3 is 2.48 bits per heavy atom. The molecule has 146 valence electrons. The lowest BCUT2D eigenvalue weighted by Crippen LogP contribution is -2.39. The zero-order chi connectivity index (χ0) is 20.7. The normalized spacial score (nSPS) is 11.1. The summed E-state index contributed by atoms with van der Waals surface area (Å²) < 4.78 is 6.81. The molecule has 2 heterocycles. The number of fused-ring (bicyclic) bond motifs is 1. The van der Waals surface area contributed by atoms with Crippen LogP contribution in [0.3, 0.4) is 0 Å². The van der Waals surface area contributed by atoms with Crippen molar-refractivity contribution in [3.05, 3.63) is 85.0 Å². The molecule has 10 nitrogen and oxygen atoms in total. The Morgan fingerprint density at radius 1 is 1.14 bits per heavy atom. The van der Waals surface area contributed by atoms with Crippen molar-refractivity contribution >= 4 is 16.9 Å². The topological polar surface area (TPSA) is 140 Å². The highest BCUT2D eigenvalue weighted by Crippen LogP contribution is 2.15. The standard InChI is InChI=1S/C19H14N4O6/c1-22-14-7-6-12(17(25)26)8-13(14)16(24)23(19(22)28)9-10-2-4-11(5-3-10)15-20-18(27)29-21-15/h2-8H,9H2,1H3,(H,25,26)(H,20,21,27). The van der Waals surface area contributed by atoms with Crippen LogP contribution in [-0.4, -0.2) is 30.4 Å². The van der Waals surface area contributed by atoms with Crippen LogP contribution in [0.15, 0.2) is 61.4 Å². The highest BCUT2D eigenvalue weighted by molar-refractivity contribution is 5.93. The van der Waals surface area contributed by atoms with Gasteiger partial charge in [0.25, 0.3) is 5.56 Å². The van der Waals surface area contributed by atoms with E-state index in [0.29, 0.717) is 16.6 Å². The number of aromatic amines is 1. The molecule has 10 heteroatoms. The van der Waals surface area contributed by atoms with Crippen molar-refractivity contribution in [2.24, 2.45) is 7.05 Å². The molecule has 2 aromatic heterocycles. The number of H-pyrrole nitrogens is 1. The Kier molecular flexibility index (Phi) is 4.23. The summed E-state index contributed by atoms with van der Waals surface area (Å²) in [6.07, 6.45) is 0. The van der Waals surface area contributed by atoms with Crippen LogP contribution in [0, 0.1) is 0 Å². The molecule has 0 aliphatic carbocycles. The quantitative estimate of drug-likeness (QED) is 0.521. The molecular formula is C19H14N4O6. The van der Waals surface area contributed by atoms with Gasteiger partial charge in [-0.15, -0.1) is 0 Å². The maximum absolute atomic E-state index is 12.9. The molecule has 29 heavy (non-hydrogen) atoms. The predicted molar refractivity (Wildman–Crippen MR) is 102 cm³/mol. The lowest BCUT2D eigenvalue weighted by atomic mass is 10.1. The van der Waals surface area contributed by atoms with E-state index in [1.54, 1.807) is 24.3 Å². The van der Waals surface area contributed by atoms with E-state index in [4.69, 9.17) is 0 Å². The first kappa shape index (κ1) is 18.2. The first-order valence-electron chi connectivity index (χ1n) is 8.47. The number of hydrogen-bond acceptors (Lipinski definition) is 6. The third-order valence-electron chi connectivity index (χ3n) is 4.61. The van der Waals surface area contributed by atoms with Crippen molar-refractivity contribution in [2.45, 2.75) is 6.54 Å².